The number of hydrogen-bond donors (Lipinski definition) is 0. The predicted molar refractivity (Wildman–Crippen MR) is 158 cm³/mol. The van der Waals surface area contributed by atoms with Crippen molar-refractivity contribution in [2.45, 2.75) is 37.0 Å². The zero-order valence-electron chi connectivity index (χ0n) is 24.3. The third-order valence-electron chi connectivity index (χ3n) is 7.81. The van der Waals surface area contributed by atoms with Crippen molar-refractivity contribution in [1.29, 1.82) is 0 Å². The molecule has 0 aliphatic heterocycles. The second-order valence-corrected chi connectivity index (χ2v) is 10.8. The highest BCUT2D eigenvalue weighted by Crippen LogP contribution is 2.51. The van der Waals surface area contributed by atoms with Crippen LogP contribution in [0.4, 0.5) is 52.7 Å². The molecule has 0 aromatic heterocycles. The predicted octanol–water partition coefficient (Wildman–Crippen LogP) is 12.4. The molecule has 0 saturated carbocycles. The molecule has 6 rings (SSSR count). The summed E-state index contributed by atoms with van der Waals surface area (Å²) in [4.78, 5) is 0. The van der Waals surface area contributed by atoms with Crippen molar-refractivity contribution in [3.63, 3.8) is 0 Å². The molecule has 0 N–H and O–H groups in total. The third kappa shape index (κ3) is 6.40. The lowest BCUT2D eigenvalue weighted by atomic mass is 9.82. The average Bonchev–Trinajstić information content (AvgIpc) is 3.42. The van der Waals surface area contributed by atoms with Gasteiger partial charge in [-0.2, -0.15) is 43.9 Å². The van der Waals surface area contributed by atoms with E-state index in [4.69, 9.17) is 0 Å². The van der Waals surface area contributed by atoms with Crippen LogP contribution in [0.15, 0.2) is 115 Å². The number of rotatable bonds is 5. The first-order valence-corrected chi connectivity index (χ1v) is 14.1. The Hall–Kier alpha value is -4.74. The molecule has 12 heteroatoms. The zero-order chi connectivity index (χ0) is 35.1. The van der Waals surface area contributed by atoms with Gasteiger partial charge in [-0.3, -0.25) is 0 Å². The van der Waals surface area contributed by atoms with Crippen LogP contribution in [0.2, 0.25) is 0 Å². The van der Waals surface area contributed by atoms with E-state index in [1.807, 2.05) is 42.5 Å². The van der Waals surface area contributed by atoms with Gasteiger partial charge in [-0.15, -0.1) is 0 Å². The van der Waals surface area contributed by atoms with E-state index in [9.17, 15) is 52.7 Å². The topological polar surface area (TPSA) is 0 Å². The molecule has 0 heterocycles. The fraction of sp³-hybridized carbons (Fsp3) is 0.167. The van der Waals surface area contributed by atoms with Crippen LogP contribution in [-0.2, 0) is 12.6 Å². The van der Waals surface area contributed by atoms with Crippen molar-refractivity contribution >= 4 is 0 Å². The maximum absolute atomic E-state index is 13.3. The molecule has 250 valence electrons. The van der Waals surface area contributed by atoms with E-state index in [-0.39, 0.29) is 0 Å². The first kappa shape index (κ1) is 34.6. The molecule has 5 aromatic carbocycles. The van der Waals surface area contributed by atoms with Gasteiger partial charge in [-0.25, -0.2) is 8.78 Å². The highest BCUT2D eigenvalue weighted by Gasteiger charge is 2.76. The maximum Gasteiger partial charge on any atom is 0.460 e. The van der Waals surface area contributed by atoms with Gasteiger partial charge in [0.15, 0.2) is 0 Å². The van der Waals surface area contributed by atoms with Crippen molar-refractivity contribution in [2.24, 2.45) is 0 Å². The van der Waals surface area contributed by atoms with E-state index in [1.54, 1.807) is 12.1 Å². The maximum atomic E-state index is 13.3. The first-order chi connectivity index (χ1) is 22.4. The Morgan fingerprint density at radius 2 is 0.979 bits per heavy atom. The highest BCUT2D eigenvalue weighted by atomic mass is 19.4. The summed E-state index contributed by atoms with van der Waals surface area (Å²) in [6.07, 6.45) is -15.3. The number of fused-ring (bicyclic) bond motifs is 3. The summed E-state index contributed by atoms with van der Waals surface area (Å²) in [5.41, 5.74) is 10.2. The Morgan fingerprint density at radius 3 is 1.46 bits per heavy atom. The van der Waals surface area contributed by atoms with E-state index >= 15 is 0 Å². The largest absolute Gasteiger partial charge is 0.460 e. The molecule has 0 fully saturated rings. The van der Waals surface area contributed by atoms with E-state index < -0.39 is 36.2 Å². The zero-order valence-corrected chi connectivity index (χ0v) is 24.3. The second-order valence-electron chi connectivity index (χ2n) is 10.8. The molecule has 0 radical (unpaired) electrons. The molecule has 0 atom stereocenters. The van der Waals surface area contributed by atoms with Gasteiger partial charge in [0.2, 0.25) is 0 Å². The quantitative estimate of drug-likeness (QED) is 0.159. The molecular formula is C36H22F12. The minimum Gasteiger partial charge on any atom is -0.203 e. The second kappa shape index (κ2) is 12.7. The summed E-state index contributed by atoms with van der Waals surface area (Å²) in [7, 11) is 0. The Labute approximate surface area is 266 Å². The van der Waals surface area contributed by atoms with Crippen molar-refractivity contribution < 1.29 is 52.7 Å². The number of benzene rings is 5. The molecule has 0 amide bonds. The van der Waals surface area contributed by atoms with E-state index in [0.717, 1.165) is 45.4 Å². The van der Waals surface area contributed by atoms with Gasteiger partial charge in [0.1, 0.15) is 0 Å². The Kier molecular flexibility index (Phi) is 9.15. The normalized spacial score (nSPS) is 13.1. The van der Waals surface area contributed by atoms with Crippen LogP contribution < -0.4 is 0 Å². The van der Waals surface area contributed by atoms with Gasteiger partial charge < -0.3 is 0 Å². The summed E-state index contributed by atoms with van der Waals surface area (Å²) in [5.74, 6) is -13.1. The molecule has 5 aromatic rings. The van der Waals surface area contributed by atoms with Gasteiger partial charge in [0, 0.05) is 0 Å². The molecule has 0 nitrogen and oxygen atoms in total. The summed E-state index contributed by atoms with van der Waals surface area (Å²) in [6, 6.07) is 36.5. The van der Waals surface area contributed by atoms with E-state index in [1.165, 1.54) is 28.8 Å². The van der Waals surface area contributed by atoms with Gasteiger partial charge >= 0.3 is 30.6 Å². The Balaban J connectivity index is 0.000000296. The SMILES string of the molecule is FC(F)(F)c1ccc(-c2cc3c(c(-c4ccccc4)c2-c2ccccc2)Cc2ccccc2-3)cc1.FC(F)C(F)(F)C(F)(F)C(F)(F)F. The lowest BCUT2D eigenvalue weighted by molar-refractivity contribution is -0.375. The summed E-state index contributed by atoms with van der Waals surface area (Å²) in [6.45, 7) is 0. The molecule has 0 bridgehead atoms. The first-order valence-electron chi connectivity index (χ1n) is 14.1. The highest BCUT2D eigenvalue weighted by molar-refractivity contribution is 6.01. The number of halogens is 12. The van der Waals surface area contributed by atoms with Gasteiger partial charge in [0.25, 0.3) is 0 Å². The van der Waals surface area contributed by atoms with Crippen molar-refractivity contribution in [1.82, 2.24) is 0 Å². The fourth-order valence-electron chi connectivity index (χ4n) is 5.50. The van der Waals surface area contributed by atoms with Crippen LogP contribution in [0, 0.1) is 0 Å². The van der Waals surface area contributed by atoms with Crippen LogP contribution in [0.3, 0.4) is 0 Å². The minimum absolute atomic E-state index is 0.641. The van der Waals surface area contributed by atoms with Crippen molar-refractivity contribution in [3.05, 3.63) is 132 Å². The number of alkyl halides is 12. The molecule has 1 aliphatic carbocycles. The summed E-state index contributed by atoms with van der Waals surface area (Å²) >= 11 is 0. The lowest BCUT2D eigenvalue weighted by Gasteiger charge is -2.27. The standard InChI is InChI=1S/C32H21F3.C4HF9/c33-32(34,35)25-17-15-21(16-18-25)27-20-28-26-14-8-7-13-24(26)19-29(28)31(23-11-5-2-6-12-23)30(27)22-9-3-1-4-10-22;5-1(6)2(7,8)3(9,10)4(11,12)13/h1-18,20H,19H2;1H. The third-order valence-corrected chi connectivity index (χ3v) is 7.81. The number of hydrogen-bond acceptors (Lipinski definition) is 0. The van der Waals surface area contributed by atoms with Crippen LogP contribution >= 0.6 is 0 Å². The van der Waals surface area contributed by atoms with Gasteiger partial charge in [0.05, 0.1) is 5.56 Å². The molecule has 48 heavy (non-hydrogen) atoms. The fourth-order valence-corrected chi connectivity index (χ4v) is 5.50. The average molecular weight is 683 g/mol. The van der Waals surface area contributed by atoms with Crippen LogP contribution in [-0.4, -0.2) is 24.4 Å². The van der Waals surface area contributed by atoms with Crippen molar-refractivity contribution in [3.8, 4) is 44.5 Å². The smallest absolute Gasteiger partial charge is 0.203 e. The van der Waals surface area contributed by atoms with E-state index in [2.05, 4.69) is 48.5 Å². The molecule has 1 aliphatic rings. The molecule has 0 spiro atoms. The van der Waals surface area contributed by atoms with E-state index in [0.29, 0.717) is 0 Å². The van der Waals surface area contributed by atoms with Crippen LogP contribution in [0.1, 0.15) is 16.7 Å². The van der Waals surface area contributed by atoms with Crippen LogP contribution in [0.25, 0.3) is 44.5 Å². The molecular weight excluding hydrogens is 660 g/mol. The van der Waals surface area contributed by atoms with Crippen LogP contribution in [0.5, 0.6) is 0 Å². The monoisotopic (exact) mass is 682 g/mol. The van der Waals surface area contributed by atoms with Gasteiger partial charge in [-0.05, 0) is 80.3 Å². The Bertz CT molecular complexity index is 1870. The minimum atomic E-state index is -6.73. The summed E-state index contributed by atoms with van der Waals surface area (Å²) in [5, 5.41) is 0. The van der Waals surface area contributed by atoms with Crippen molar-refractivity contribution in [2.75, 3.05) is 0 Å². The molecule has 0 saturated heterocycles. The lowest BCUT2D eigenvalue weighted by Crippen LogP contribution is -2.55. The Morgan fingerprint density at radius 1 is 0.479 bits per heavy atom. The van der Waals surface area contributed by atoms with Gasteiger partial charge in [-0.1, -0.05) is 97.1 Å². The molecule has 0 unspecified atom stereocenters. The summed E-state index contributed by atoms with van der Waals surface area (Å²) < 4.78 is 142.